The minimum atomic E-state index is -4.79. The van der Waals surface area contributed by atoms with Gasteiger partial charge in [0.05, 0.1) is 10.5 Å². The molecular formula is C11H11F3N2O3. The van der Waals surface area contributed by atoms with Gasteiger partial charge in [0.2, 0.25) is 0 Å². The van der Waals surface area contributed by atoms with E-state index in [-0.39, 0.29) is 18.8 Å². The molecule has 0 atom stereocenters. The van der Waals surface area contributed by atoms with E-state index in [0.29, 0.717) is 0 Å². The first-order valence-corrected chi connectivity index (χ1v) is 5.43. The Hall–Kier alpha value is -1.83. The lowest BCUT2D eigenvalue weighted by atomic mass is 9.95. The molecule has 0 aliphatic carbocycles. The van der Waals surface area contributed by atoms with Crippen LogP contribution < -0.4 is 4.90 Å². The van der Waals surface area contributed by atoms with E-state index in [1.165, 1.54) is 11.0 Å². The molecule has 1 aromatic carbocycles. The van der Waals surface area contributed by atoms with Crippen molar-refractivity contribution in [1.82, 2.24) is 0 Å². The van der Waals surface area contributed by atoms with Crippen molar-refractivity contribution < 1.29 is 23.2 Å². The van der Waals surface area contributed by atoms with Crippen molar-refractivity contribution in [3.8, 4) is 0 Å². The summed E-state index contributed by atoms with van der Waals surface area (Å²) in [5, 5.41) is 20.1. The fourth-order valence-electron chi connectivity index (χ4n) is 2.07. The Labute approximate surface area is 106 Å². The topological polar surface area (TPSA) is 66.6 Å². The molecule has 0 bridgehead atoms. The minimum Gasteiger partial charge on any atom is -0.386 e. The second-order valence-electron chi connectivity index (χ2n) is 4.81. The molecule has 0 saturated carbocycles. The summed E-state index contributed by atoms with van der Waals surface area (Å²) in [4.78, 5) is 11.1. The quantitative estimate of drug-likeness (QED) is 0.664. The van der Waals surface area contributed by atoms with Gasteiger partial charge in [-0.25, -0.2) is 0 Å². The average molecular weight is 276 g/mol. The number of rotatable bonds is 2. The molecule has 1 saturated heterocycles. The standard InChI is InChI=1S/C11H11F3N2O3/c1-10(17)5-15(6-10)7-2-3-9(16(18)19)8(4-7)11(12,13)14/h2-4,17H,5-6H2,1H3. The highest BCUT2D eigenvalue weighted by Crippen LogP contribution is 2.39. The van der Waals surface area contributed by atoms with Crippen LogP contribution in [0.4, 0.5) is 24.5 Å². The van der Waals surface area contributed by atoms with Crippen LogP contribution in [-0.2, 0) is 6.18 Å². The van der Waals surface area contributed by atoms with Crippen LogP contribution in [-0.4, -0.2) is 28.7 Å². The number of hydrogen-bond donors (Lipinski definition) is 1. The number of benzene rings is 1. The predicted octanol–water partition coefficient (Wildman–Crippen LogP) is 2.18. The molecular weight excluding hydrogens is 265 g/mol. The summed E-state index contributed by atoms with van der Waals surface area (Å²) in [6.07, 6.45) is -4.79. The molecule has 5 nitrogen and oxygen atoms in total. The van der Waals surface area contributed by atoms with E-state index in [0.717, 1.165) is 12.1 Å². The van der Waals surface area contributed by atoms with E-state index in [1.54, 1.807) is 6.92 Å². The van der Waals surface area contributed by atoms with Crippen LogP contribution in [0.2, 0.25) is 0 Å². The Kier molecular flexibility index (Phi) is 2.93. The van der Waals surface area contributed by atoms with E-state index in [2.05, 4.69) is 0 Å². The monoisotopic (exact) mass is 276 g/mol. The van der Waals surface area contributed by atoms with Crippen LogP contribution in [0.25, 0.3) is 0 Å². The number of alkyl halides is 3. The number of hydrogen-bond acceptors (Lipinski definition) is 4. The van der Waals surface area contributed by atoms with Crippen molar-refractivity contribution in [3.63, 3.8) is 0 Å². The molecule has 1 heterocycles. The molecule has 0 spiro atoms. The average Bonchev–Trinajstić information content (AvgIpc) is 2.23. The summed E-state index contributed by atoms with van der Waals surface area (Å²) in [6, 6.07) is 2.83. The highest BCUT2D eigenvalue weighted by atomic mass is 19.4. The zero-order valence-electron chi connectivity index (χ0n) is 9.94. The van der Waals surface area contributed by atoms with Crippen molar-refractivity contribution in [3.05, 3.63) is 33.9 Å². The first kappa shape index (κ1) is 13.6. The van der Waals surface area contributed by atoms with Gasteiger partial charge in [-0.15, -0.1) is 0 Å². The molecule has 0 aromatic heterocycles. The molecule has 1 aliphatic rings. The largest absolute Gasteiger partial charge is 0.423 e. The smallest absolute Gasteiger partial charge is 0.386 e. The molecule has 0 amide bonds. The maximum Gasteiger partial charge on any atom is 0.423 e. The van der Waals surface area contributed by atoms with Gasteiger partial charge in [-0.3, -0.25) is 10.1 Å². The van der Waals surface area contributed by atoms with Gasteiger partial charge >= 0.3 is 6.18 Å². The first-order valence-electron chi connectivity index (χ1n) is 5.43. The molecule has 19 heavy (non-hydrogen) atoms. The SMILES string of the molecule is CC1(O)CN(c2ccc([N+](=O)[O-])c(C(F)(F)F)c2)C1. The number of anilines is 1. The first-order chi connectivity index (χ1) is 8.60. The van der Waals surface area contributed by atoms with Gasteiger partial charge in [-0.2, -0.15) is 13.2 Å². The van der Waals surface area contributed by atoms with Gasteiger partial charge in [0.25, 0.3) is 5.69 Å². The Morgan fingerprint density at radius 2 is 2.00 bits per heavy atom. The van der Waals surface area contributed by atoms with Crippen molar-refractivity contribution in [2.24, 2.45) is 0 Å². The van der Waals surface area contributed by atoms with Crippen molar-refractivity contribution in [2.75, 3.05) is 18.0 Å². The predicted molar refractivity (Wildman–Crippen MR) is 60.9 cm³/mol. The van der Waals surface area contributed by atoms with Crippen molar-refractivity contribution in [2.45, 2.75) is 18.7 Å². The fourth-order valence-corrected chi connectivity index (χ4v) is 2.07. The zero-order valence-corrected chi connectivity index (χ0v) is 9.94. The lowest BCUT2D eigenvalue weighted by molar-refractivity contribution is -0.388. The second-order valence-corrected chi connectivity index (χ2v) is 4.81. The van der Waals surface area contributed by atoms with Crippen molar-refractivity contribution in [1.29, 1.82) is 0 Å². The Balaban J connectivity index is 2.37. The van der Waals surface area contributed by atoms with Crippen molar-refractivity contribution >= 4 is 11.4 Å². The Bertz CT molecular complexity index is 520. The molecule has 0 unspecified atom stereocenters. The molecule has 104 valence electrons. The van der Waals surface area contributed by atoms with Crippen LogP contribution in [0.5, 0.6) is 0 Å². The van der Waals surface area contributed by atoms with Crippen LogP contribution >= 0.6 is 0 Å². The number of β-amino-alcohol motifs (C(OH)–C–C–N with tert-alkyl or cyclic N) is 1. The maximum atomic E-state index is 12.8. The summed E-state index contributed by atoms with van der Waals surface area (Å²) >= 11 is 0. The molecule has 1 aromatic rings. The number of nitro benzene ring substituents is 1. The van der Waals surface area contributed by atoms with E-state index in [4.69, 9.17) is 0 Å². The van der Waals surface area contributed by atoms with E-state index in [9.17, 15) is 28.4 Å². The van der Waals surface area contributed by atoms with E-state index in [1.807, 2.05) is 0 Å². The molecule has 2 rings (SSSR count). The van der Waals surface area contributed by atoms with Gasteiger partial charge in [-0.1, -0.05) is 0 Å². The lowest BCUT2D eigenvalue weighted by Gasteiger charge is -2.45. The number of nitrogens with zero attached hydrogens (tertiary/aromatic N) is 2. The summed E-state index contributed by atoms with van der Waals surface area (Å²) < 4.78 is 38.3. The normalized spacial score (nSPS) is 18.1. The minimum absolute atomic E-state index is 0.197. The van der Waals surface area contributed by atoms with Gasteiger partial charge in [0.15, 0.2) is 0 Å². The third-order valence-corrected chi connectivity index (χ3v) is 2.91. The fraction of sp³-hybridized carbons (Fsp3) is 0.455. The highest BCUT2D eigenvalue weighted by Gasteiger charge is 2.41. The van der Waals surface area contributed by atoms with Gasteiger partial charge in [0, 0.05) is 24.8 Å². The second kappa shape index (κ2) is 4.09. The van der Waals surface area contributed by atoms with E-state index >= 15 is 0 Å². The Morgan fingerprint density at radius 1 is 1.42 bits per heavy atom. The van der Waals surface area contributed by atoms with Gasteiger partial charge in [-0.05, 0) is 19.1 Å². The van der Waals surface area contributed by atoms with E-state index < -0.39 is 28.0 Å². The summed E-state index contributed by atoms with van der Waals surface area (Å²) in [6.45, 7) is 1.96. The molecule has 1 fully saturated rings. The summed E-state index contributed by atoms with van der Waals surface area (Å²) in [5.74, 6) is 0. The molecule has 1 N–H and O–H groups in total. The molecule has 8 heteroatoms. The highest BCUT2D eigenvalue weighted by molar-refractivity contribution is 5.58. The third kappa shape index (κ3) is 2.62. The van der Waals surface area contributed by atoms with Crippen LogP contribution in [0.3, 0.4) is 0 Å². The molecule has 1 aliphatic heterocycles. The molecule has 0 radical (unpaired) electrons. The lowest BCUT2D eigenvalue weighted by Crippen LogP contribution is -2.60. The van der Waals surface area contributed by atoms with Crippen LogP contribution in [0, 0.1) is 10.1 Å². The summed E-state index contributed by atoms with van der Waals surface area (Å²) in [7, 11) is 0. The zero-order chi connectivity index (χ0) is 14.4. The van der Waals surface area contributed by atoms with Crippen LogP contribution in [0.1, 0.15) is 12.5 Å². The third-order valence-electron chi connectivity index (χ3n) is 2.91. The summed E-state index contributed by atoms with van der Waals surface area (Å²) in [5.41, 5.74) is -2.96. The van der Waals surface area contributed by atoms with Gasteiger partial charge < -0.3 is 10.0 Å². The number of halogens is 3. The maximum absolute atomic E-state index is 12.8. The Morgan fingerprint density at radius 3 is 2.42 bits per heavy atom. The number of aliphatic hydroxyl groups is 1. The number of nitro groups is 1. The van der Waals surface area contributed by atoms with Crippen LogP contribution in [0.15, 0.2) is 18.2 Å². The van der Waals surface area contributed by atoms with Gasteiger partial charge in [0.1, 0.15) is 5.56 Å².